The molecule has 0 aliphatic rings. The Labute approximate surface area is 100 Å². The molecule has 0 bridgehead atoms. The molecule has 92 valence electrons. The molecule has 0 atom stereocenters. The van der Waals surface area contributed by atoms with Gasteiger partial charge in [-0.3, -0.25) is 0 Å². The van der Waals surface area contributed by atoms with Gasteiger partial charge in [-0.25, -0.2) is 12.7 Å². The molecular weight excluding hydrogens is 238 g/mol. The van der Waals surface area contributed by atoms with E-state index in [-0.39, 0.29) is 4.90 Å². The number of nitrogen functional groups attached to an aromatic ring is 1. The molecule has 0 aliphatic heterocycles. The molecule has 0 fully saturated rings. The van der Waals surface area contributed by atoms with Crippen molar-refractivity contribution in [1.82, 2.24) is 9.29 Å². The van der Waals surface area contributed by atoms with Crippen LogP contribution in [-0.2, 0) is 10.0 Å². The predicted octanol–water partition coefficient (Wildman–Crippen LogP) is 1.39. The summed E-state index contributed by atoms with van der Waals surface area (Å²) in [6, 6.07) is 5.18. The molecule has 17 heavy (non-hydrogen) atoms. The molecule has 0 spiro atoms. The first kappa shape index (κ1) is 11.9. The van der Waals surface area contributed by atoms with Crippen LogP contribution in [-0.4, -0.2) is 31.3 Å². The van der Waals surface area contributed by atoms with Crippen LogP contribution in [0.25, 0.3) is 10.9 Å². The minimum atomic E-state index is -3.44. The van der Waals surface area contributed by atoms with Gasteiger partial charge in [0, 0.05) is 36.4 Å². The Morgan fingerprint density at radius 1 is 1.41 bits per heavy atom. The van der Waals surface area contributed by atoms with Gasteiger partial charge in [-0.1, -0.05) is 6.92 Å². The van der Waals surface area contributed by atoms with Crippen molar-refractivity contribution in [2.75, 3.05) is 19.3 Å². The number of fused-ring (bicyclic) bond motifs is 1. The smallest absolute Gasteiger partial charge is 0.244 e. The summed E-state index contributed by atoms with van der Waals surface area (Å²) in [6.07, 6.45) is 1.51. The van der Waals surface area contributed by atoms with Gasteiger partial charge in [0.2, 0.25) is 10.0 Å². The zero-order chi connectivity index (χ0) is 12.6. The lowest BCUT2D eigenvalue weighted by Crippen LogP contribution is -2.26. The molecular formula is C11H15N3O2S. The van der Waals surface area contributed by atoms with Gasteiger partial charge in [0.05, 0.1) is 0 Å². The molecule has 0 saturated heterocycles. The normalized spacial score (nSPS) is 12.4. The number of H-pyrrole nitrogens is 1. The first-order chi connectivity index (χ1) is 7.96. The summed E-state index contributed by atoms with van der Waals surface area (Å²) < 4.78 is 25.7. The van der Waals surface area contributed by atoms with E-state index in [1.807, 2.05) is 0 Å². The summed E-state index contributed by atoms with van der Waals surface area (Å²) in [5.41, 5.74) is 7.00. The van der Waals surface area contributed by atoms with Crippen LogP contribution in [0.5, 0.6) is 0 Å². The van der Waals surface area contributed by atoms with Gasteiger partial charge in [0.1, 0.15) is 4.90 Å². The number of anilines is 1. The van der Waals surface area contributed by atoms with Crippen molar-refractivity contribution in [3.05, 3.63) is 24.4 Å². The Bertz CT molecular complexity index is 646. The maximum Gasteiger partial charge on any atom is 0.244 e. The van der Waals surface area contributed by atoms with E-state index in [0.29, 0.717) is 17.6 Å². The molecule has 1 aromatic carbocycles. The number of nitrogens with two attached hydrogens (primary N) is 1. The summed E-state index contributed by atoms with van der Waals surface area (Å²) in [5, 5.41) is 0.630. The molecule has 0 saturated carbocycles. The average molecular weight is 253 g/mol. The molecule has 0 amide bonds. The SMILES string of the molecule is CCN(C)S(=O)(=O)c1c[nH]c2ccc(N)cc12. The van der Waals surface area contributed by atoms with Crippen molar-refractivity contribution < 1.29 is 8.42 Å². The number of benzene rings is 1. The number of nitrogens with one attached hydrogen (secondary N) is 1. The molecule has 0 unspecified atom stereocenters. The van der Waals surface area contributed by atoms with Gasteiger partial charge in [-0.15, -0.1) is 0 Å². The summed E-state index contributed by atoms with van der Waals surface area (Å²) in [6.45, 7) is 2.22. The van der Waals surface area contributed by atoms with Crippen molar-refractivity contribution in [3.8, 4) is 0 Å². The highest BCUT2D eigenvalue weighted by Gasteiger charge is 2.22. The molecule has 0 aliphatic carbocycles. The lowest BCUT2D eigenvalue weighted by Gasteiger charge is -2.13. The van der Waals surface area contributed by atoms with Crippen molar-refractivity contribution >= 4 is 26.6 Å². The fourth-order valence-corrected chi connectivity index (χ4v) is 2.99. The number of hydrogen-bond acceptors (Lipinski definition) is 3. The van der Waals surface area contributed by atoms with Crippen LogP contribution in [0.4, 0.5) is 5.69 Å². The third kappa shape index (κ3) is 1.89. The highest BCUT2D eigenvalue weighted by Crippen LogP contribution is 2.26. The first-order valence-corrected chi connectivity index (χ1v) is 6.73. The minimum absolute atomic E-state index is 0.268. The standard InChI is InChI=1S/C11H15N3O2S/c1-3-14(2)17(15,16)11-7-13-10-5-4-8(12)6-9(10)11/h4-7,13H,3,12H2,1-2H3. The molecule has 2 rings (SSSR count). The van der Waals surface area contributed by atoms with E-state index < -0.39 is 10.0 Å². The number of nitrogens with zero attached hydrogens (tertiary/aromatic N) is 1. The summed E-state index contributed by atoms with van der Waals surface area (Å²) in [5.74, 6) is 0. The second-order valence-corrected chi connectivity index (χ2v) is 5.89. The fourth-order valence-electron chi connectivity index (χ4n) is 1.66. The summed E-state index contributed by atoms with van der Waals surface area (Å²) in [4.78, 5) is 3.21. The maximum absolute atomic E-state index is 12.2. The van der Waals surface area contributed by atoms with E-state index in [1.54, 1.807) is 32.2 Å². The molecule has 3 N–H and O–H groups in total. The Morgan fingerprint density at radius 2 is 2.12 bits per heavy atom. The van der Waals surface area contributed by atoms with Crippen LogP contribution < -0.4 is 5.73 Å². The molecule has 5 nitrogen and oxygen atoms in total. The quantitative estimate of drug-likeness (QED) is 0.811. The zero-order valence-corrected chi connectivity index (χ0v) is 10.6. The van der Waals surface area contributed by atoms with Crippen molar-refractivity contribution in [2.45, 2.75) is 11.8 Å². The molecule has 0 radical (unpaired) electrons. The highest BCUT2D eigenvalue weighted by molar-refractivity contribution is 7.89. The van der Waals surface area contributed by atoms with Gasteiger partial charge >= 0.3 is 0 Å². The van der Waals surface area contributed by atoms with Gasteiger partial charge in [-0.2, -0.15) is 0 Å². The Balaban J connectivity index is 2.68. The van der Waals surface area contributed by atoms with E-state index in [1.165, 1.54) is 10.5 Å². The number of hydrogen-bond donors (Lipinski definition) is 2. The topological polar surface area (TPSA) is 79.2 Å². The zero-order valence-electron chi connectivity index (χ0n) is 9.77. The first-order valence-electron chi connectivity index (χ1n) is 5.29. The van der Waals surface area contributed by atoms with Crippen LogP contribution in [0.1, 0.15) is 6.92 Å². The Kier molecular flexibility index (Phi) is 2.84. The van der Waals surface area contributed by atoms with Crippen molar-refractivity contribution in [2.24, 2.45) is 0 Å². The lowest BCUT2D eigenvalue weighted by atomic mass is 10.2. The molecule has 1 aromatic heterocycles. The van der Waals surface area contributed by atoms with Crippen LogP contribution in [0, 0.1) is 0 Å². The predicted molar refractivity (Wildman–Crippen MR) is 68.2 cm³/mol. The second-order valence-electron chi connectivity index (χ2n) is 3.88. The molecule has 2 aromatic rings. The Morgan fingerprint density at radius 3 is 2.76 bits per heavy atom. The largest absolute Gasteiger partial charge is 0.399 e. The van der Waals surface area contributed by atoms with Crippen LogP contribution in [0.3, 0.4) is 0 Å². The van der Waals surface area contributed by atoms with Crippen LogP contribution >= 0.6 is 0 Å². The van der Waals surface area contributed by atoms with Crippen LogP contribution in [0.15, 0.2) is 29.3 Å². The van der Waals surface area contributed by atoms with E-state index in [9.17, 15) is 8.42 Å². The summed E-state index contributed by atoms with van der Waals surface area (Å²) in [7, 11) is -1.89. The van der Waals surface area contributed by atoms with Gasteiger partial charge in [-0.05, 0) is 18.2 Å². The maximum atomic E-state index is 12.2. The van der Waals surface area contributed by atoms with E-state index in [0.717, 1.165) is 5.52 Å². The highest BCUT2D eigenvalue weighted by atomic mass is 32.2. The fraction of sp³-hybridized carbons (Fsp3) is 0.273. The summed E-state index contributed by atoms with van der Waals surface area (Å²) >= 11 is 0. The van der Waals surface area contributed by atoms with E-state index >= 15 is 0 Å². The third-order valence-corrected chi connectivity index (χ3v) is 4.77. The average Bonchev–Trinajstić information content (AvgIpc) is 2.71. The monoisotopic (exact) mass is 253 g/mol. The minimum Gasteiger partial charge on any atom is -0.399 e. The Hall–Kier alpha value is -1.53. The van der Waals surface area contributed by atoms with Crippen LogP contribution in [0.2, 0.25) is 0 Å². The number of aromatic amines is 1. The van der Waals surface area contributed by atoms with Crippen molar-refractivity contribution in [1.29, 1.82) is 0 Å². The van der Waals surface area contributed by atoms with Gasteiger partial charge in [0.15, 0.2) is 0 Å². The number of sulfonamides is 1. The third-order valence-electron chi connectivity index (χ3n) is 2.80. The molecule has 1 heterocycles. The van der Waals surface area contributed by atoms with E-state index in [2.05, 4.69) is 4.98 Å². The lowest BCUT2D eigenvalue weighted by molar-refractivity contribution is 0.487. The van der Waals surface area contributed by atoms with Gasteiger partial charge < -0.3 is 10.7 Å². The second kappa shape index (κ2) is 4.05. The van der Waals surface area contributed by atoms with Crippen molar-refractivity contribution in [3.63, 3.8) is 0 Å². The molecule has 6 heteroatoms. The number of aromatic nitrogens is 1. The van der Waals surface area contributed by atoms with Gasteiger partial charge in [0.25, 0.3) is 0 Å². The number of rotatable bonds is 3. The van der Waals surface area contributed by atoms with E-state index in [4.69, 9.17) is 5.73 Å².